The van der Waals surface area contributed by atoms with Crippen molar-refractivity contribution in [2.75, 3.05) is 26.4 Å². The predicted molar refractivity (Wildman–Crippen MR) is 376 cm³/mol. The zero-order valence-corrected chi connectivity index (χ0v) is 56.6. The van der Waals surface area contributed by atoms with E-state index in [0.29, 0.717) is 6.42 Å². The largest absolute Gasteiger partial charge is 0.472 e. The molecule has 0 rings (SSSR count). The fraction of sp³-hybridized carbons (Fsp3) is 0.662. The average molecular weight is 1230 g/mol. The third kappa shape index (κ3) is 70.8. The quantitative estimate of drug-likeness (QED) is 0.0264. The van der Waals surface area contributed by atoms with Gasteiger partial charge in [-0.2, -0.15) is 0 Å². The molecule has 0 aromatic carbocycles. The zero-order valence-electron chi connectivity index (χ0n) is 55.7. The van der Waals surface area contributed by atoms with E-state index in [-0.39, 0.29) is 38.6 Å². The standard InChI is InChI=1S/C77H130NO8P/c1-3-5-7-9-11-13-15-17-19-21-23-25-27-29-30-31-32-33-34-35-36-37-38-39-40-41-42-43-44-46-48-50-52-54-56-58-60-62-64-66-68-70-77(80)86-75(74-85-87(81,82)84-72-71-78)73-83-76(79)69-67-65-63-61-59-57-55-53-51-49-47-45-28-26-24-22-20-18-16-14-12-10-8-6-4-2/h5,7,11,13,16-19,22-25,29-30,32-33,35-36,38-39,41-42,44,46,75H,3-4,6,8-10,12,14-15,20-21,26-28,31,34,37,40,43,45,47-74,78H2,1-2H3,(H,81,82)/b7-5-,13-11-,18-16-,19-17-,24-22-,25-23-,30-29-,33-32-,36-35-,39-38-,42-41-,46-44-. The first kappa shape index (κ1) is 82.9. The van der Waals surface area contributed by atoms with Gasteiger partial charge < -0.3 is 20.1 Å². The van der Waals surface area contributed by atoms with Crippen LogP contribution < -0.4 is 5.73 Å². The van der Waals surface area contributed by atoms with Crippen LogP contribution in [0.1, 0.15) is 296 Å². The molecular formula is C77H130NO8P. The fourth-order valence-corrected chi connectivity index (χ4v) is 10.3. The monoisotopic (exact) mass is 1230 g/mol. The van der Waals surface area contributed by atoms with Crippen LogP contribution in [0.3, 0.4) is 0 Å². The molecule has 2 unspecified atom stereocenters. The normalized spacial score (nSPS) is 13.8. The molecule has 496 valence electrons. The number of hydrogen-bond donors (Lipinski definition) is 2. The number of unbranched alkanes of at least 4 members (excludes halogenated alkanes) is 28. The van der Waals surface area contributed by atoms with Crippen molar-refractivity contribution in [3.8, 4) is 0 Å². The van der Waals surface area contributed by atoms with Gasteiger partial charge in [0.25, 0.3) is 0 Å². The maximum Gasteiger partial charge on any atom is 0.472 e. The topological polar surface area (TPSA) is 134 Å². The summed E-state index contributed by atoms with van der Waals surface area (Å²) >= 11 is 0. The van der Waals surface area contributed by atoms with E-state index in [1.165, 1.54) is 148 Å². The molecule has 0 aliphatic rings. The van der Waals surface area contributed by atoms with E-state index < -0.39 is 26.5 Å². The number of nitrogens with two attached hydrogens (primary N) is 1. The Morgan fingerprint density at radius 1 is 0.356 bits per heavy atom. The molecule has 0 radical (unpaired) electrons. The van der Waals surface area contributed by atoms with Gasteiger partial charge in [-0.15, -0.1) is 0 Å². The molecule has 0 saturated carbocycles. The van der Waals surface area contributed by atoms with Crippen LogP contribution in [0.15, 0.2) is 146 Å². The van der Waals surface area contributed by atoms with Crippen LogP contribution in [-0.2, 0) is 32.7 Å². The Labute approximate surface area is 535 Å². The van der Waals surface area contributed by atoms with Gasteiger partial charge in [-0.3, -0.25) is 18.6 Å². The molecule has 0 aliphatic carbocycles. The Balaban J connectivity index is 3.94. The van der Waals surface area contributed by atoms with Crippen LogP contribution >= 0.6 is 7.82 Å². The van der Waals surface area contributed by atoms with Crippen LogP contribution in [0.2, 0.25) is 0 Å². The molecule has 0 aromatic heterocycles. The number of carbonyl (C=O) groups excluding carboxylic acids is 2. The van der Waals surface area contributed by atoms with Gasteiger partial charge in [-0.1, -0.05) is 307 Å². The highest BCUT2D eigenvalue weighted by Gasteiger charge is 2.26. The van der Waals surface area contributed by atoms with Crippen LogP contribution in [0.25, 0.3) is 0 Å². The van der Waals surface area contributed by atoms with Crippen molar-refractivity contribution < 1.29 is 37.6 Å². The van der Waals surface area contributed by atoms with Gasteiger partial charge in [0.1, 0.15) is 6.61 Å². The Hall–Kier alpha value is -4.11. The summed E-state index contributed by atoms with van der Waals surface area (Å²) in [7, 11) is -4.40. The van der Waals surface area contributed by atoms with Crippen LogP contribution in [-0.4, -0.2) is 49.3 Å². The van der Waals surface area contributed by atoms with E-state index in [9.17, 15) is 19.0 Å². The molecule has 0 bridgehead atoms. The van der Waals surface area contributed by atoms with E-state index in [4.69, 9.17) is 24.3 Å². The molecule has 0 aliphatic heterocycles. The Morgan fingerprint density at radius 2 is 0.632 bits per heavy atom. The second-order valence-corrected chi connectivity index (χ2v) is 24.5. The lowest BCUT2D eigenvalue weighted by Crippen LogP contribution is -2.29. The van der Waals surface area contributed by atoms with Gasteiger partial charge in [0.15, 0.2) is 6.10 Å². The van der Waals surface area contributed by atoms with E-state index >= 15 is 0 Å². The maximum absolute atomic E-state index is 12.8. The molecule has 2 atom stereocenters. The van der Waals surface area contributed by atoms with Gasteiger partial charge in [0, 0.05) is 19.4 Å². The van der Waals surface area contributed by atoms with Gasteiger partial charge >= 0.3 is 19.8 Å². The molecular weight excluding hydrogens is 1100 g/mol. The first-order valence-corrected chi connectivity index (χ1v) is 36.8. The smallest absolute Gasteiger partial charge is 0.462 e. The van der Waals surface area contributed by atoms with Crippen LogP contribution in [0.5, 0.6) is 0 Å². The van der Waals surface area contributed by atoms with Gasteiger partial charge in [-0.25, -0.2) is 4.57 Å². The van der Waals surface area contributed by atoms with Crippen LogP contribution in [0, 0.1) is 0 Å². The minimum Gasteiger partial charge on any atom is -0.462 e. The van der Waals surface area contributed by atoms with Crippen molar-refractivity contribution in [1.29, 1.82) is 0 Å². The summed E-state index contributed by atoms with van der Waals surface area (Å²) in [6.45, 7) is 3.63. The molecule has 0 heterocycles. The summed E-state index contributed by atoms with van der Waals surface area (Å²) in [5.74, 6) is -0.834. The highest BCUT2D eigenvalue weighted by atomic mass is 31.2. The lowest BCUT2D eigenvalue weighted by atomic mass is 10.0. The highest BCUT2D eigenvalue weighted by Crippen LogP contribution is 2.43. The Morgan fingerprint density at radius 3 is 0.943 bits per heavy atom. The second kappa shape index (κ2) is 71.0. The number of ether oxygens (including phenoxy) is 2. The minimum atomic E-state index is -4.40. The van der Waals surface area contributed by atoms with Crippen molar-refractivity contribution in [2.24, 2.45) is 5.73 Å². The number of phosphoric acid groups is 1. The molecule has 0 aromatic rings. The SMILES string of the molecule is CC/C=C\C/C=C\C/C=C\C/C=C\C/C=C\C/C=C\C/C=C\C/C=C\C/C=C\C/C=C\CCCCCCCCCCCCC(=O)OC(COC(=O)CCCCCCCCCCCCCCC/C=C\C/C=C\CCCCCCC)COP(=O)(O)OCCN. The number of phosphoric ester groups is 1. The Bertz CT molecular complexity index is 1940. The zero-order chi connectivity index (χ0) is 63.0. The number of allylic oxidation sites excluding steroid dienone is 24. The fourth-order valence-electron chi connectivity index (χ4n) is 9.52. The molecule has 3 N–H and O–H groups in total. The molecule has 87 heavy (non-hydrogen) atoms. The molecule has 0 saturated heterocycles. The molecule has 0 amide bonds. The first-order valence-electron chi connectivity index (χ1n) is 35.3. The molecule has 0 spiro atoms. The maximum atomic E-state index is 12.8. The summed E-state index contributed by atoms with van der Waals surface area (Å²) in [4.78, 5) is 35.4. The van der Waals surface area contributed by atoms with Crippen molar-refractivity contribution >= 4 is 19.8 Å². The number of hydrogen-bond acceptors (Lipinski definition) is 8. The second-order valence-electron chi connectivity index (χ2n) is 23.0. The van der Waals surface area contributed by atoms with Gasteiger partial charge in [0.05, 0.1) is 13.2 Å². The first-order chi connectivity index (χ1) is 42.8. The van der Waals surface area contributed by atoms with Gasteiger partial charge in [0.2, 0.25) is 0 Å². The summed E-state index contributed by atoms with van der Waals surface area (Å²) in [6, 6.07) is 0. The Kier molecular flexibility index (Phi) is 67.6. The van der Waals surface area contributed by atoms with Crippen LogP contribution in [0.4, 0.5) is 0 Å². The molecule has 0 fully saturated rings. The lowest BCUT2D eigenvalue weighted by molar-refractivity contribution is -0.161. The summed E-state index contributed by atoms with van der Waals surface area (Å²) in [5.41, 5.74) is 5.40. The predicted octanol–water partition coefficient (Wildman–Crippen LogP) is 23.4. The third-order valence-electron chi connectivity index (χ3n) is 14.7. The number of rotatable bonds is 65. The minimum absolute atomic E-state index is 0.0470. The summed E-state index contributed by atoms with van der Waals surface area (Å²) < 4.78 is 33.2. The number of carbonyl (C=O) groups is 2. The van der Waals surface area contributed by atoms with Crippen molar-refractivity contribution in [2.45, 2.75) is 302 Å². The summed E-state index contributed by atoms with van der Waals surface area (Å²) in [6.07, 6.45) is 102. The van der Waals surface area contributed by atoms with E-state index in [0.717, 1.165) is 116 Å². The summed E-state index contributed by atoms with van der Waals surface area (Å²) in [5, 5.41) is 0. The molecule has 10 heteroatoms. The molecule has 9 nitrogen and oxygen atoms in total. The van der Waals surface area contributed by atoms with Gasteiger partial charge in [-0.05, 0) is 122 Å². The van der Waals surface area contributed by atoms with Crippen molar-refractivity contribution in [3.63, 3.8) is 0 Å². The van der Waals surface area contributed by atoms with Crippen molar-refractivity contribution in [3.05, 3.63) is 146 Å². The third-order valence-corrected chi connectivity index (χ3v) is 15.7. The van der Waals surface area contributed by atoms with Crippen molar-refractivity contribution in [1.82, 2.24) is 0 Å². The van der Waals surface area contributed by atoms with E-state index in [2.05, 4.69) is 160 Å². The lowest BCUT2D eigenvalue weighted by Gasteiger charge is -2.19. The number of esters is 2. The van der Waals surface area contributed by atoms with E-state index in [1.807, 2.05) is 0 Å². The average Bonchev–Trinajstić information content (AvgIpc) is 3.65. The highest BCUT2D eigenvalue weighted by molar-refractivity contribution is 7.47. The van der Waals surface area contributed by atoms with E-state index in [1.54, 1.807) is 0 Å².